The Bertz CT molecular complexity index is 377. The van der Waals surface area contributed by atoms with Gasteiger partial charge in [-0.3, -0.25) is 0 Å². The molecule has 0 aliphatic heterocycles. The monoisotopic (exact) mass is 266 g/mol. The first-order chi connectivity index (χ1) is 8.70. The molecule has 1 aliphatic carbocycles. The molecule has 0 bridgehead atoms. The molecule has 1 N–H and O–H groups in total. The number of halogens is 1. The lowest BCUT2D eigenvalue weighted by Crippen LogP contribution is -2.28. The summed E-state index contributed by atoms with van der Waals surface area (Å²) in [7, 11) is 2.23. The summed E-state index contributed by atoms with van der Waals surface area (Å²) in [5, 5.41) is 4.38. The fraction of sp³-hybridized carbons (Fsp3) is 0.600. The van der Waals surface area contributed by atoms with Crippen molar-refractivity contribution in [1.82, 2.24) is 10.2 Å². The molecule has 1 atom stereocenters. The zero-order valence-electron chi connectivity index (χ0n) is 11.3. The summed E-state index contributed by atoms with van der Waals surface area (Å²) in [5.41, 5.74) is 1.30. The molecule has 0 radical (unpaired) electrons. The second-order valence-electron chi connectivity index (χ2n) is 5.17. The highest BCUT2D eigenvalue weighted by molar-refractivity contribution is 6.30. The van der Waals surface area contributed by atoms with Gasteiger partial charge in [-0.25, -0.2) is 0 Å². The standard InChI is InChI=1S/C15H23ClN2/c1-3-17-15(9-10-18(2)14-7-8-14)12-5-4-6-13(16)11-12/h4-6,11,14-15,17H,3,7-10H2,1-2H3. The van der Waals surface area contributed by atoms with Gasteiger partial charge in [-0.1, -0.05) is 30.7 Å². The minimum Gasteiger partial charge on any atom is -0.310 e. The lowest BCUT2D eigenvalue weighted by atomic mass is 10.0. The van der Waals surface area contributed by atoms with Gasteiger partial charge in [-0.2, -0.15) is 0 Å². The molecule has 2 rings (SSSR count). The van der Waals surface area contributed by atoms with Crippen LogP contribution in [0.15, 0.2) is 24.3 Å². The molecule has 2 nitrogen and oxygen atoms in total. The molecule has 1 unspecified atom stereocenters. The molecule has 3 heteroatoms. The molecule has 1 aromatic rings. The van der Waals surface area contributed by atoms with Crippen molar-refractivity contribution in [3.05, 3.63) is 34.9 Å². The minimum absolute atomic E-state index is 0.412. The van der Waals surface area contributed by atoms with Gasteiger partial charge in [0.1, 0.15) is 0 Å². The zero-order chi connectivity index (χ0) is 13.0. The average molecular weight is 267 g/mol. The Balaban J connectivity index is 1.93. The van der Waals surface area contributed by atoms with Crippen molar-refractivity contribution in [2.45, 2.75) is 38.3 Å². The average Bonchev–Trinajstić information content (AvgIpc) is 3.18. The van der Waals surface area contributed by atoms with Crippen LogP contribution >= 0.6 is 11.6 Å². The predicted molar refractivity (Wildman–Crippen MR) is 78.1 cm³/mol. The molecule has 1 aliphatic rings. The van der Waals surface area contributed by atoms with Gasteiger partial charge in [0, 0.05) is 17.1 Å². The molecule has 1 fully saturated rings. The van der Waals surface area contributed by atoms with Crippen molar-refractivity contribution in [3.63, 3.8) is 0 Å². The lowest BCUT2D eigenvalue weighted by molar-refractivity contribution is 0.299. The smallest absolute Gasteiger partial charge is 0.0409 e. The third-order valence-corrected chi connectivity index (χ3v) is 3.88. The van der Waals surface area contributed by atoms with E-state index in [9.17, 15) is 0 Å². The summed E-state index contributed by atoms with van der Waals surface area (Å²) in [6.45, 7) is 4.29. The first kappa shape index (κ1) is 13.9. The quantitative estimate of drug-likeness (QED) is 0.813. The van der Waals surface area contributed by atoms with Gasteiger partial charge in [-0.05, 0) is 57.1 Å². The van der Waals surface area contributed by atoms with Crippen LogP contribution in [-0.2, 0) is 0 Å². The maximum Gasteiger partial charge on any atom is 0.0409 e. The minimum atomic E-state index is 0.412. The Morgan fingerprint density at radius 2 is 2.22 bits per heavy atom. The van der Waals surface area contributed by atoms with E-state index >= 15 is 0 Å². The van der Waals surface area contributed by atoms with E-state index in [0.717, 1.165) is 30.6 Å². The van der Waals surface area contributed by atoms with E-state index in [0.29, 0.717) is 6.04 Å². The summed E-state index contributed by atoms with van der Waals surface area (Å²) in [4.78, 5) is 2.48. The van der Waals surface area contributed by atoms with E-state index in [4.69, 9.17) is 11.6 Å². The Hall–Kier alpha value is -0.570. The number of hydrogen-bond acceptors (Lipinski definition) is 2. The van der Waals surface area contributed by atoms with Gasteiger partial charge < -0.3 is 10.2 Å². The number of hydrogen-bond donors (Lipinski definition) is 1. The fourth-order valence-electron chi connectivity index (χ4n) is 2.39. The van der Waals surface area contributed by atoms with Crippen LogP contribution in [0.2, 0.25) is 5.02 Å². The second-order valence-corrected chi connectivity index (χ2v) is 5.60. The third-order valence-electron chi connectivity index (χ3n) is 3.64. The summed E-state index contributed by atoms with van der Waals surface area (Å²) in [6, 6.07) is 9.46. The highest BCUT2D eigenvalue weighted by Gasteiger charge is 2.26. The van der Waals surface area contributed by atoms with Crippen LogP contribution in [0.5, 0.6) is 0 Å². The number of nitrogens with zero attached hydrogens (tertiary/aromatic N) is 1. The zero-order valence-corrected chi connectivity index (χ0v) is 12.1. The molecule has 0 amide bonds. The van der Waals surface area contributed by atoms with Crippen LogP contribution in [0.1, 0.15) is 37.8 Å². The number of rotatable bonds is 7. The summed E-state index contributed by atoms with van der Waals surface area (Å²) in [5.74, 6) is 0. The van der Waals surface area contributed by atoms with E-state index in [2.05, 4.69) is 36.3 Å². The maximum atomic E-state index is 6.07. The van der Waals surface area contributed by atoms with E-state index in [1.54, 1.807) is 0 Å². The number of benzene rings is 1. The van der Waals surface area contributed by atoms with Gasteiger partial charge in [0.2, 0.25) is 0 Å². The van der Waals surface area contributed by atoms with Gasteiger partial charge >= 0.3 is 0 Å². The van der Waals surface area contributed by atoms with Gasteiger partial charge in [-0.15, -0.1) is 0 Å². The molecular weight excluding hydrogens is 244 g/mol. The summed E-state index contributed by atoms with van der Waals surface area (Å²) >= 11 is 6.07. The van der Waals surface area contributed by atoms with Crippen molar-refractivity contribution in [3.8, 4) is 0 Å². The molecule has 1 aromatic carbocycles. The predicted octanol–water partition coefficient (Wildman–Crippen LogP) is 3.47. The Morgan fingerprint density at radius 3 is 2.83 bits per heavy atom. The summed E-state index contributed by atoms with van der Waals surface area (Å²) < 4.78 is 0. The van der Waals surface area contributed by atoms with Crippen LogP contribution in [0.3, 0.4) is 0 Å². The second kappa shape index (κ2) is 6.55. The van der Waals surface area contributed by atoms with Crippen LogP contribution in [0.25, 0.3) is 0 Å². The van der Waals surface area contributed by atoms with Crippen molar-refractivity contribution in [2.24, 2.45) is 0 Å². The van der Waals surface area contributed by atoms with Crippen molar-refractivity contribution < 1.29 is 0 Å². The Kier molecular flexibility index (Phi) is 5.04. The molecule has 0 saturated heterocycles. The largest absolute Gasteiger partial charge is 0.310 e. The van der Waals surface area contributed by atoms with Crippen molar-refractivity contribution >= 4 is 11.6 Å². The lowest BCUT2D eigenvalue weighted by Gasteiger charge is -2.22. The molecule has 1 saturated carbocycles. The highest BCUT2D eigenvalue weighted by atomic mass is 35.5. The topological polar surface area (TPSA) is 15.3 Å². The van der Waals surface area contributed by atoms with E-state index in [1.165, 1.54) is 18.4 Å². The first-order valence-electron chi connectivity index (χ1n) is 6.89. The number of nitrogens with one attached hydrogen (secondary N) is 1. The highest BCUT2D eigenvalue weighted by Crippen LogP contribution is 2.27. The maximum absolute atomic E-state index is 6.07. The Labute approximate surface area is 115 Å². The Morgan fingerprint density at radius 1 is 1.44 bits per heavy atom. The van der Waals surface area contributed by atoms with E-state index < -0.39 is 0 Å². The molecule has 0 spiro atoms. The van der Waals surface area contributed by atoms with Crippen LogP contribution < -0.4 is 5.32 Å². The van der Waals surface area contributed by atoms with Gasteiger partial charge in [0.05, 0.1) is 0 Å². The molecule has 0 heterocycles. The molecule has 100 valence electrons. The molecule has 18 heavy (non-hydrogen) atoms. The van der Waals surface area contributed by atoms with Crippen molar-refractivity contribution in [2.75, 3.05) is 20.1 Å². The molecule has 0 aromatic heterocycles. The van der Waals surface area contributed by atoms with Crippen LogP contribution in [-0.4, -0.2) is 31.1 Å². The third kappa shape index (κ3) is 3.98. The van der Waals surface area contributed by atoms with Gasteiger partial charge in [0.15, 0.2) is 0 Å². The SMILES string of the molecule is CCNC(CCN(C)C1CC1)c1cccc(Cl)c1. The normalized spacial score (nSPS) is 17.1. The van der Waals surface area contributed by atoms with E-state index in [1.807, 2.05) is 12.1 Å². The van der Waals surface area contributed by atoms with Gasteiger partial charge in [0.25, 0.3) is 0 Å². The van der Waals surface area contributed by atoms with Crippen LogP contribution in [0.4, 0.5) is 0 Å². The van der Waals surface area contributed by atoms with E-state index in [-0.39, 0.29) is 0 Å². The fourth-order valence-corrected chi connectivity index (χ4v) is 2.59. The first-order valence-corrected chi connectivity index (χ1v) is 7.27. The van der Waals surface area contributed by atoms with Crippen molar-refractivity contribution in [1.29, 1.82) is 0 Å². The summed E-state index contributed by atoms with van der Waals surface area (Å²) in [6.07, 6.45) is 3.89. The van der Waals surface area contributed by atoms with Crippen LogP contribution in [0, 0.1) is 0 Å². The molecular formula is C15H23ClN2.